The Labute approximate surface area is 203 Å². The van der Waals surface area contributed by atoms with Gasteiger partial charge < -0.3 is 10.2 Å². The lowest BCUT2D eigenvalue weighted by Crippen LogP contribution is -2.23. The predicted octanol–water partition coefficient (Wildman–Crippen LogP) is 7.41. The Balaban J connectivity index is 1.57. The molecule has 0 aromatic carbocycles. The van der Waals surface area contributed by atoms with E-state index >= 15 is 0 Å². The first-order valence-electron chi connectivity index (χ1n) is 12.5. The quantitative estimate of drug-likeness (QED) is 0.197. The minimum atomic E-state index is -0.688. The molecule has 4 nitrogen and oxygen atoms in total. The van der Waals surface area contributed by atoms with Crippen molar-refractivity contribution in [1.29, 1.82) is 0 Å². The second-order valence-corrected chi connectivity index (χ2v) is 14.1. The maximum absolute atomic E-state index is 11.2. The molecule has 0 saturated carbocycles. The van der Waals surface area contributed by atoms with Crippen molar-refractivity contribution in [1.82, 2.24) is 0 Å². The summed E-state index contributed by atoms with van der Waals surface area (Å²) in [6, 6.07) is 0. The van der Waals surface area contributed by atoms with Crippen LogP contribution in [0.5, 0.6) is 0 Å². The number of aliphatic carboxylic acids is 2. The van der Waals surface area contributed by atoms with Gasteiger partial charge in [0.25, 0.3) is 0 Å². The van der Waals surface area contributed by atoms with E-state index < -0.39 is 22.8 Å². The summed E-state index contributed by atoms with van der Waals surface area (Å²) in [5.74, 6) is -1.38. The highest BCUT2D eigenvalue weighted by molar-refractivity contribution is 8.01. The van der Waals surface area contributed by atoms with Crippen molar-refractivity contribution in [2.24, 2.45) is 10.8 Å². The number of rotatable bonds is 14. The smallest absolute Gasteiger partial charge is 0.309 e. The van der Waals surface area contributed by atoms with Crippen LogP contribution in [0.4, 0.5) is 0 Å². The summed E-state index contributed by atoms with van der Waals surface area (Å²) in [5.41, 5.74) is -1.19. The molecule has 4 unspecified atom stereocenters. The molecule has 0 aliphatic carbocycles. The molecule has 4 atom stereocenters. The number of unbranched alkanes of at least 4 members (excludes halogenated alkanes) is 2. The highest BCUT2D eigenvalue weighted by Crippen LogP contribution is 2.41. The normalized spacial score (nSPS) is 26.8. The molecule has 2 aliphatic heterocycles. The van der Waals surface area contributed by atoms with Crippen LogP contribution < -0.4 is 0 Å². The summed E-state index contributed by atoms with van der Waals surface area (Å²) in [6.07, 6.45) is 18.2. The van der Waals surface area contributed by atoms with Crippen LogP contribution in [0.3, 0.4) is 0 Å². The van der Waals surface area contributed by atoms with E-state index in [1.165, 1.54) is 38.5 Å². The van der Waals surface area contributed by atoms with E-state index in [0.29, 0.717) is 10.5 Å². The third-order valence-electron chi connectivity index (χ3n) is 7.13. The number of carboxylic acids is 2. The first-order chi connectivity index (χ1) is 15.0. The SMILES string of the molecule is CC(C)(CCCCC1CCC(/C=C\C2CCC(CCCCC(C)(C)C(=O)O)S2)S1)C(=O)O. The third-order valence-corrected chi connectivity index (χ3v) is 10.3. The Morgan fingerprint density at radius 3 is 1.44 bits per heavy atom. The van der Waals surface area contributed by atoms with Gasteiger partial charge in [0, 0.05) is 21.0 Å². The Bertz CT molecular complexity index is 590. The fraction of sp³-hybridized carbons (Fsp3) is 0.846. The van der Waals surface area contributed by atoms with Gasteiger partial charge in [-0.25, -0.2) is 0 Å². The molecule has 0 spiro atoms. The minimum absolute atomic E-state index is 0.597. The zero-order valence-electron chi connectivity index (χ0n) is 20.5. The van der Waals surface area contributed by atoms with Crippen molar-refractivity contribution in [2.45, 2.75) is 126 Å². The molecule has 2 aliphatic rings. The molecule has 0 bridgehead atoms. The van der Waals surface area contributed by atoms with Crippen LogP contribution in [-0.4, -0.2) is 43.2 Å². The van der Waals surface area contributed by atoms with Gasteiger partial charge in [-0.2, -0.15) is 23.5 Å². The van der Waals surface area contributed by atoms with E-state index in [1.54, 1.807) is 0 Å². The molecule has 0 radical (unpaired) electrons. The summed E-state index contributed by atoms with van der Waals surface area (Å²) < 4.78 is 0. The molecule has 184 valence electrons. The van der Waals surface area contributed by atoms with Crippen molar-refractivity contribution in [3.05, 3.63) is 12.2 Å². The second-order valence-electron chi connectivity index (χ2n) is 11.0. The van der Waals surface area contributed by atoms with E-state index in [2.05, 4.69) is 35.7 Å². The molecule has 0 aromatic heterocycles. The minimum Gasteiger partial charge on any atom is -0.481 e. The van der Waals surface area contributed by atoms with Gasteiger partial charge in [0.15, 0.2) is 0 Å². The molecule has 2 rings (SSSR count). The van der Waals surface area contributed by atoms with Crippen LogP contribution in [-0.2, 0) is 9.59 Å². The summed E-state index contributed by atoms with van der Waals surface area (Å²) in [7, 11) is 0. The van der Waals surface area contributed by atoms with Crippen molar-refractivity contribution < 1.29 is 19.8 Å². The van der Waals surface area contributed by atoms with Gasteiger partial charge in [0.1, 0.15) is 0 Å². The van der Waals surface area contributed by atoms with E-state index in [9.17, 15) is 19.8 Å². The highest BCUT2D eigenvalue weighted by atomic mass is 32.2. The first kappa shape index (κ1) is 27.6. The van der Waals surface area contributed by atoms with Crippen LogP contribution in [0.1, 0.15) is 105 Å². The Kier molecular flexibility index (Phi) is 11.0. The molecule has 0 amide bonds. The van der Waals surface area contributed by atoms with E-state index in [-0.39, 0.29) is 0 Å². The molecular formula is C26H44O4S2. The van der Waals surface area contributed by atoms with E-state index in [1.807, 2.05) is 27.7 Å². The van der Waals surface area contributed by atoms with E-state index in [0.717, 1.165) is 49.0 Å². The van der Waals surface area contributed by atoms with Crippen molar-refractivity contribution in [2.75, 3.05) is 0 Å². The monoisotopic (exact) mass is 484 g/mol. The van der Waals surface area contributed by atoms with Crippen molar-refractivity contribution in [3.63, 3.8) is 0 Å². The predicted molar refractivity (Wildman–Crippen MR) is 138 cm³/mol. The van der Waals surface area contributed by atoms with E-state index in [4.69, 9.17) is 0 Å². The van der Waals surface area contributed by atoms with Gasteiger partial charge in [-0.15, -0.1) is 0 Å². The van der Waals surface area contributed by atoms with Gasteiger partial charge in [-0.3, -0.25) is 9.59 Å². The molecule has 2 saturated heterocycles. The summed E-state index contributed by atoms with van der Waals surface area (Å²) >= 11 is 4.24. The number of hydrogen-bond donors (Lipinski definition) is 2. The third kappa shape index (κ3) is 9.32. The maximum atomic E-state index is 11.2. The van der Waals surface area contributed by atoms with Crippen LogP contribution in [0.15, 0.2) is 12.2 Å². The van der Waals surface area contributed by atoms with Crippen molar-refractivity contribution in [3.8, 4) is 0 Å². The standard InChI is InChI=1S/C26H44O4S2/c1-25(2,23(27)28)17-7-5-9-19-11-13-21(31-19)15-16-22-14-12-20(32-22)10-6-8-18-26(3,4)24(29)30/h15-16,19-22H,5-14,17-18H2,1-4H3,(H,27,28)(H,29,30)/b16-15-. The molecule has 6 heteroatoms. The molecular weight excluding hydrogens is 440 g/mol. The summed E-state index contributed by atoms with van der Waals surface area (Å²) in [5, 5.41) is 21.2. The highest BCUT2D eigenvalue weighted by Gasteiger charge is 2.29. The van der Waals surface area contributed by atoms with Crippen LogP contribution in [0.25, 0.3) is 0 Å². The fourth-order valence-electron chi connectivity index (χ4n) is 4.51. The van der Waals surface area contributed by atoms with Crippen LogP contribution in [0.2, 0.25) is 0 Å². The van der Waals surface area contributed by atoms with Gasteiger partial charge in [0.05, 0.1) is 10.8 Å². The molecule has 32 heavy (non-hydrogen) atoms. The van der Waals surface area contributed by atoms with Crippen LogP contribution in [0, 0.1) is 10.8 Å². The lowest BCUT2D eigenvalue weighted by molar-refractivity contribution is -0.148. The van der Waals surface area contributed by atoms with Crippen molar-refractivity contribution >= 4 is 35.5 Å². The largest absolute Gasteiger partial charge is 0.481 e. The number of carboxylic acid groups (broad SMARTS) is 2. The molecule has 2 heterocycles. The number of thioether (sulfide) groups is 2. The summed E-state index contributed by atoms with van der Waals surface area (Å²) in [4.78, 5) is 22.4. The Hall–Kier alpha value is -0.620. The molecule has 2 N–H and O–H groups in total. The second kappa shape index (κ2) is 12.7. The number of hydrogen-bond acceptors (Lipinski definition) is 4. The van der Waals surface area contributed by atoms with Gasteiger partial charge in [-0.1, -0.05) is 37.8 Å². The van der Waals surface area contributed by atoms with Gasteiger partial charge in [-0.05, 0) is 79.1 Å². The Morgan fingerprint density at radius 2 is 1.09 bits per heavy atom. The topological polar surface area (TPSA) is 74.6 Å². The Morgan fingerprint density at radius 1 is 0.719 bits per heavy atom. The van der Waals surface area contributed by atoms with Crippen LogP contribution >= 0.6 is 23.5 Å². The summed E-state index contributed by atoms with van der Waals surface area (Å²) in [6.45, 7) is 7.30. The zero-order chi connectivity index (χ0) is 23.8. The number of carbonyl (C=O) groups is 2. The lowest BCUT2D eigenvalue weighted by atomic mass is 9.87. The average molecular weight is 485 g/mol. The fourth-order valence-corrected chi connectivity index (χ4v) is 7.56. The zero-order valence-corrected chi connectivity index (χ0v) is 22.1. The maximum Gasteiger partial charge on any atom is 0.309 e. The lowest BCUT2D eigenvalue weighted by Gasteiger charge is -2.19. The van der Waals surface area contributed by atoms with Gasteiger partial charge in [0.2, 0.25) is 0 Å². The molecule has 2 fully saturated rings. The average Bonchev–Trinajstić information content (AvgIpc) is 3.36. The van der Waals surface area contributed by atoms with Gasteiger partial charge >= 0.3 is 11.9 Å². The first-order valence-corrected chi connectivity index (χ1v) is 14.3. The molecule has 0 aromatic rings.